The van der Waals surface area contributed by atoms with Crippen LogP contribution in [0.2, 0.25) is 0 Å². The summed E-state index contributed by atoms with van der Waals surface area (Å²) in [5, 5.41) is 20.3. The third-order valence-corrected chi connectivity index (χ3v) is 11.1. The van der Waals surface area contributed by atoms with E-state index in [9.17, 15) is 24.3 Å². The monoisotopic (exact) mass is 754 g/mol. The number of allylic oxidation sites excluding steroid dienone is 1. The lowest BCUT2D eigenvalue weighted by Gasteiger charge is -2.49. The van der Waals surface area contributed by atoms with Crippen molar-refractivity contribution < 1.29 is 38.5 Å². The number of nitrogens with zero attached hydrogens (tertiary/aromatic N) is 5. The molecule has 1 unspecified atom stereocenters. The van der Waals surface area contributed by atoms with Crippen LogP contribution in [0.1, 0.15) is 41.3 Å². The maximum absolute atomic E-state index is 14.4. The number of oxime groups is 1. The summed E-state index contributed by atoms with van der Waals surface area (Å²) in [7, 11) is 1.82. The molecule has 53 heavy (non-hydrogen) atoms. The summed E-state index contributed by atoms with van der Waals surface area (Å²) >= 11 is 2.51. The van der Waals surface area contributed by atoms with Gasteiger partial charge >= 0.3 is 5.97 Å². The number of carbonyl (C=O) groups is 4. The highest BCUT2D eigenvalue weighted by molar-refractivity contribution is 8.00. The first-order chi connectivity index (χ1) is 25.8. The fraction of sp³-hybridized carbons (Fsp3) is 0.270. The zero-order valence-corrected chi connectivity index (χ0v) is 30.2. The Bertz CT molecular complexity index is 2060. The van der Waals surface area contributed by atoms with Crippen LogP contribution in [-0.4, -0.2) is 72.9 Å². The lowest BCUT2D eigenvalue weighted by Crippen LogP contribution is -2.71. The molecule has 0 radical (unpaired) electrons. The number of aliphatic hydroxyl groups is 1. The van der Waals surface area contributed by atoms with Crippen LogP contribution >= 0.6 is 23.1 Å². The number of β-lactam (4-membered cyclic amide) rings is 1. The molecule has 0 saturated carbocycles. The van der Waals surface area contributed by atoms with Crippen molar-refractivity contribution in [1.29, 1.82) is 0 Å². The molecule has 3 aliphatic rings. The molecule has 3 atom stereocenters. The van der Waals surface area contributed by atoms with E-state index in [2.05, 4.69) is 20.8 Å². The molecule has 2 aromatic carbocycles. The first-order valence-electron chi connectivity index (χ1n) is 16.9. The van der Waals surface area contributed by atoms with Crippen LogP contribution in [-0.2, 0) is 49.0 Å². The van der Waals surface area contributed by atoms with Crippen LogP contribution < -0.4 is 15.3 Å². The lowest BCUT2D eigenvalue weighted by molar-refractivity contribution is -0.753. The van der Waals surface area contributed by atoms with Crippen LogP contribution in [0.5, 0.6) is 0 Å². The Morgan fingerprint density at radius 3 is 2.53 bits per heavy atom. The van der Waals surface area contributed by atoms with Crippen molar-refractivity contribution in [3.8, 4) is 0 Å². The second kappa shape index (κ2) is 16.0. The fourth-order valence-corrected chi connectivity index (χ4v) is 8.32. The number of carbonyl (C=O) groups excluding carboxylic acids is 4. The van der Waals surface area contributed by atoms with Crippen LogP contribution in [0.25, 0.3) is 0 Å². The maximum Gasteiger partial charge on any atom is 0.356 e. The molecule has 0 spiro atoms. The number of ether oxygens (including phenoxy) is 1. The van der Waals surface area contributed by atoms with E-state index in [-0.39, 0.29) is 41.5 Å². The summed E-state index contributed by atoms with van der Waals surface area (Å²) < 4.78 is 9.92. The smallest absolute Gasteiger partial charge is 0.356 e. The minimum atomic E-state index is -0.998. The van der Waals surface area contributed by atoms with Crippen molar-refractivity contribution in [2.24, 2.45) is 12.2 Å². The van der Waals surface area contributed by atoms with E-state index >= 15 is 0 Å². The Morgan fingerprint density at radius 1 is 1.15 bits per heavy atom. The molecule has 2 aliphatic heterocycles. The van der Waals surface area contributed by atoms with Gasteiger partial charge < -0.3 is 25.3 Å². The highest BCUT2D eigenvalue weighted by atomic mass is 32.2. The second-order valence-electron chi connectivity index (χ2n) is 12.5. The van der Waals surface area contributed by atoms with Crippen LogP contribution in [0.3, 0.4) is 0 Å². The molecule has 2 aromatic heterocycles. The minimum Gasteiger partial charge on any atom is -0.448 e. The van der Waals surface area contributed by atoms with Gasteiger partial charge in [-0.25, -0.2) is 9.78 Å². The topological polar surface area (TPSA) is 168 Å². The van der Waals surface area contributed by atoms with Crippen LogP contribution in [0.15, 0.2) is 107 Å². The predicted molar refractivity (Wildman–Crippen MR) is 196 cm³/mol. The molecule has 0 bridgehead atoms. The minimum absolute atomic E-state index is 0.106. The first kappa shape index (κ1) is 35.8. The normalized spacial score (nSPS) is 19.5. The van der Waals surface area contributed by atoms with E-state index in [4.69, 9.17) is 9.57 Å². The standard InChI is InChI=1S/C37H35N7O7S2/c1-42-16-23(19-45)17-43(42)18-26-20-52-35-30(40-33(47)29(41-51-27-14-8-9-15-27)28-21-53-37(39-28)38-22-46)34(48)44(35)31(26)36(49)50-32(24-10-4-2-5-11-24)25-12-6-3-7-13-25/h2-8,10-14,16-17,21-22,27,30,32,35,45H,9,15,18-20H2,1H3,(H-,38,39,40,46,47)/p+1/t27?,30-,35-/m1/s1. The van der Waals surface area contributed by atoms with Crippen molar-refractivity contribution in [2.75, 3.05) is 11.1 Å². The second-order valence-corrected chi connectivity index (χ2v) is 14.4. The first-order valence-corrected chi connectivity index (χ1v) is 18.8. The molecule has 1 fully saturated rings. The fourth-order valence-electron chi connectivity index (χ4n) is 6.33. The Kier molecular flexibility index (Phi) is 10.8. The molecule has 14 nitrogen and oxygen atoms in total. The van der Waals surface area contributed by atoms with Crippen LogP contribution in [0.4, 0.5) is 5.13 Å². The summed E-state index contributed by atoms with van der Waals surface area (Å²) in [5.74, 6) is -1.53. The Balaban J connectivity index is 1.18. The quantitative estimate of drug-likeness (QED) is 0.0334. The number of amides is 3. The van der Waals surface area contributed by atoms with Gasteiger partial charge in [-0.1, -0.05) is 71.9 Å². The zero-order chi connectivity index (χ0) is 36.9. The molecule has 4 heterocycles. The number of benzene rings is 2. The van der Waals surface area contributed by atoms with Gasteiger partial charge in [0.25, 0.3) is 11.8 Å². The molecule has 1 aliphatic carbocycles. The number of nitrogens with one attached hydrogen (secondary N) is 2. The van der Waals surface area contributed by atoms with Crippen molar-refractivity contribution in [1.82, 2.24) is 19.9 Å². The highest BCUT2D eigenvalue weighted by Crippen LogP contribution is 2.42. The molecular formula is C37H36N7O7S2+. The largest absolute Gasteiger partial charge is 0.448 e. The van der Waals surface area contributed by atoms with Gasteiger partial charge in [-0.15, -0.1) is 27.8 Å². The van der Waals surface area contributed by atoms with E-state index in [0.717, 1.165) is 28.9 Å². The van der Waals surface area contributed by atoms with Gasteiger partial charge in [0.2, 0.25) is 12.6 Å². The van der Waals surface area contributed by atoms with Crippen LogP contribution in [0, 0.1) is 0 Å². The number of hydrogen-bond acceptors (Lipinski definition) is 11. The van der Waals surface area contributed by atoms with Gasteiger partial charge in [-0.05, 0) is 35.6 Å². The Hall–Kier alpha value is -5.58. The number of esters is 1. The van der Waals surface area contributed by atoms with E-state index in [1.807, 2.05) is 84.5 Å². The van der Waals surface area contributed by atoms with Gasteiger partial charge in [-0.3, -0.25) is 19.3 Å². The molecule has 3 N–H and O–H groups in total. The van der Waals surface area contributed by atoms with Crippen molar-refractivity contribution >= 4 is 58.1 Å². The number of thioether (sulfide) groups is 1. The number of rotatable bonds is 14. The van der Waals surface area contributed by atoms with Gasteiger partial charge in [0, 0.05) is 11.1 Å². The molecule has 4 aromatic rings. The maximum atomic E-state index is 14.4. The molecule has 7 rings (SSSR count). The summed E-state index contributed by atoms with van der Waals surface area (Å²) in [6.07, 6.45) is 8.31. The molecule has 3 amide bonds. The molecular weight excluding hydrogens is 719 g/mol. The third-order valence-electron chi connectivity index (χ3n) is 8.96. The summed E-state index contributed by atoms with van der Waals surface area (Å²) in [4.78, 5) is 64.6. The summed E-state index contributed by atoms with van der Waals surface area (Å²) in [6.45, 7) is 0.0878. The molecule has 272 valence electrons. The van der Waals surface area contributed by atoms with Gasteiger partial charge in [0.05, 0.1) is 18.4 Å². The average Bonchev–Trinajstić information content (AvgIpc) is 3.96. The third kappa shape index (κ3) is 7.65. The Morgan fingerprint density at radius 2 is 1.89 bits per heavy atom. The number of thiazole rings is 1. The molecule has 16 heteroatoms. The van der Waals surface area contributed by atoms with E-state index in [1.165, 1.54) is 16.7 Å². The Labute approximate surface area is 312 Å². The van der Waals surface area contributed by atoms with Crippen molar-refractivity contribution in [3.05, 3.63) is 124 Å². The molecule has 1 saturated heterocycles. The van der Waals surface area contributed by atoms with Gasteiger partial charge in [0.1, 0.15) is 35.5 Å². The lowest BCUT2D eigenvalue weighted by atomic mass is 10.0. The van der Waals surface area contributed by atoms with Gasteiger partial charge in [-0.2, -0.15) is 4.68 Å². The van der Waals surface area contributed by atoms with Crippen molar-refractivity contribution in [2.45, 2.75) is 49.6 Å². The number of aryl methyl sites for hydroxylation is 1. The van der Waals surface area contributed by atoms with E-state index in [1.54, 1.807) is 22.5 Å². The summed E-state index contributed by atoms with van der Waals surface area (Å²) in [6, 6.07) is 17.7. The number of aromatic nitrogens is 3. The highest BCUT2D eigenvalue weighted by Gasteiger charge is 2.55. The van der Waals surface area contributed by atoms with E-state index in [0.29, 0.717) is 29.7 Å². The number of aliphatic hydroxyl groups excluding tert-OH is 1. The number of hydrogen-bond donors (Lipinski definition) is 3. The average molecular weight is 755 g/mol. The number of fused-ring (bicyclic) bond motifs is 1. The SMILES string of the molecule is C[n+]1cc(CO)cn1CC1=C(C(=O)OC(c2ccccc2)c2ccccc2)N2C(=O)[C@@H](NC(=O)C(=NOC3C=CCC3)c3csc(NC=O)n3)[C@H]2SC1. The summed E-state index contributed by atoms with van der Waals surface area (Å²) in [5.41, 5.74) is 2.97. The van der Waals surface area contributed by atoms with Crippen molar-refractivity contribution in [3.63, 3.8) is 0 Å². The number of anilines is 1. The zero-order valence-electron chi connectivity index (χ0n) is 28.5. The van der Waals surface area contributed by atoms with E-state index < -0.39 is 35.3 Å². The van der Waals surface area contributed by atoms with Gasteiger partial charge in [0.15, 0.2) is 24.0 Å². The predicted octanol–water partition coefficient (Wildman–Crippen LogP) is 2.96.